The molecule has 3 heteroatoms. The molecular formula is C13H15Br2N. The fourth-order valence-corrected chi connectivity index (χ4v) is 2.04. The lowest BCUT2D eigenvalue weighted by atomic mass is 10.1. The van der Waals surface area contributed by atoms with Gasteiger partial charge in [-0.15, -0.1) is 17.0 Å². The summed E-state index contributed by atoms with van der Waals surface area (Å²) in [6.07, 6.45) is 3.50. The number of hydrogen-bond donors (Lipinski definition) is 0. The van der Waals surface area contributed by atoms with Crippen LogP contribution in [0.25, 0.3) is 10.9 Å². The first kappa shape index (κ1) is 13.7. The van der Waals surface area contributed by atoms with Crippen molar-refractivity contribution in [1.29, 1.82) is 0 Å². The van der Waals surface area contributed by atoms with Crippen LogP contribution in [0.1, 0.15) is 18.5 Å². The maximum absolute atomic E-state index is 4.63. The van der Waals surface area contributed by atoms with Crippen molar-refractivity contribution in [2.75, 3.05) is 5.33 Å². The van der Waals surface area contributed by atoms with Crippen LogP contribution < -0.4 is 0 Å². The molecule has 0 amide bonds. The van der Waals surface area contributed by atoms with Gasteiger partial charge in [-0.1, -0.05) is 40.2 Å². The SMILES string of the molecule is Br.BrCCCCc1ccc2ccccc2n1. The van der Waals surface area contributed by atoms with Crippen LogP contribution in [-0.4, -0.2) is 10.3 Å². The van der Waals surface area contributed by atoms with E-state index in [1.54, 1.807) is 0 Å². The standard InChI is InChI=1S/C13H14BrN.BrH/c14-10-4-3-6-12-9-8-11-5-1-2-7-13(11)15-12;/h1-2,5,7-9H,3-4,6,10H2;1H. The summed E-state index contributed by atoms with van der Waals surface area (Å²) in [6.45, 7) is 0. The highest BCUT2D eigenvalue weighted by atomic mass is 79.9. The lowest BCUT2D eigenvalue weighted by molar-refractivity contribution is 0.789. The highest BCUT2D eigenvalue weighted by Gasteiger charge is 1.97. The molecule has 86 valence electrons. The Labute approximate surface area is 115 Å². The van der Waals surface area contributed by atoms with E-state index in [4.69, 9.17) is 0 Å². The van der Waals surface area contributed by atoms with Gasteiger partial charge in [-0.3, -0.25) is 4.98 Å². The summed E-state index contributed by atoms with van der Waals surface area (Å²) in [6, 6.07) is 12.6. The van der Waals surface area contributed by atoms with Gasteiger partial charge in [0.05, 0.1) is 5.52 Å². The number of para-hydroxylation sites is 1. The van der Waals surface area contributed by atoms with Crippen LogP contribution in [0.4, 0.5) is 0 Å². The van der Waals surface area contributed by atoms with Crippen molar-refractivity contribution >= 4 is 43.8 Å². The third-order valence-corrected chi connectivity index (χ3v) is 3.03. The van der Waals surface area contributed by atoms with Crippen LogP contribution in [-0.2, 0) is 6.42 Å². The third kappa shape index (κ3) is 3.56. The molecule has 0 aliphatic carbocycles. The molecule has 0 spiro atoms. The number of alkyl halides is 1. The first-order valence-corrected chi connectivity index (χ1v) is 6.43. The Kier molecular flexibility index (Phi) is 5.99. The molecule has 0 saturated carbocycles. The van der Waals surface area contributed by atoms with Gasteiger partial charge in [0.2, 0.25) is 0 Å². The van der Waals surface area contributed by atoms with Gasteiger partial charge in [0.15, 0.2) is 0 Å². The van der Waals surface area contributed by atoms with E-state index in [0.29, 0.717) is 0 Å². The number of nitrogens with zero attached hydrogens (tertiary/aromatic N) is 1. The minimum Gasteiger partial charge on any atom is -0.253 e. The van der Waals surface area contributed by atoms with Crippen molar-refractivity contribution in [3.8, 4) is 0 Å². The minimum absolute atomic E-state index is 0. The molecule has 1 heterocycles. The fraction of sp³-hybridized carbons (Fsp3) is 0.308. The van der Waals surface area contributed by atoms with E-state index in [0.717, 1.165) is 17.3 Å². The number of unbranched alkanes of at least 4 members (excludes halogenated alkanes) is 1. The minimum atomic E-state index is 0. The van der Waals surface area contributed by atoms with E-state index >= 15 is 0 Å². The van der Waals surface area contributed by atoms with Crippen molar-refractivity contribution < 1.29 is 0 Å². The molecule has 0 atom stereocenters. The zero-order chi connectivity index (χ0) is 10.5. The second-order valence-electron chi connectivity index (χ2n) is 3.64. The average Bonchev–Trinajstić information content (AvgIpc) is 2.29. The number of fused-ring (bicyclic) bond motifs is 1. The van der Waals surface area contributed by atoms with Gasteiger partial charge in [0.1, 0.15) is 0 Å². The number of aryl methyl sites for hydroxylation is 1. The van der Waals surface area contributed by atoms with Crippen molar-refractivity contribution in [1.82, 2.24) is 4.98 Å². The fourth-order valence-electron chi connectivity index (χ4n) is 1.65. The molecule has 0 fully saturated rings. The molecule has 1 aromatic heterocycles. The first-order valence-electron chi connectivity index (χ1n) is 5.31. The largest absolute Gasteiger partial charge is 0.253 e. The number of aromatic nitrogens is 1. The van der Waals surface area contributed by atoms with Gasteiger partial charge >= 0.3 is 0 Å². The zero-order valence-corrected chi connectivity index (χ0v) is 12.3. The van der Waals surface area contributed by atoms with E-state index in [1.807, 2.05) is 6.07 Å². The zero-order valence-electron chi connectivity index (χ0n) is 9.03. The molecule has 0 N–H and O–H groups in total. The van der Waals surface area contributed by atoms with Gasteiger partial charge in [0.25, 0.3) is 0 Å². The van der Waals surface area contributed by atoms with Crippen molar-refractivity contribution in [3.05, 3.63) is 42.1 Å². The first-order chi connectivity index (χ1) is 7.40. The molecule has 1 aromatic carbocycles. The highest BCUT2D eigenvalue weighted by Crippen LogP contribution is 2.13. The predicted octanol–water partition coefficient (Wildman–Crippen LogP) is 4.53. The summed E-state index contributed by atoms with van der Waals surface area (Å²) in [4.78, 5) is 4.63. The number of benzene rings is 1. The predicted molar refractivity (Wildman–Crippen MR) is 78.8 cm³/mol. The highest BCUT2D eigenvalue weighted by molar-refractivity contribution is 9.09. The molecule has 0 radical (unpaired) electrons. The Morgan fingerprint density at radius 3 is 2.62 bits per heavy atom. The van der Waals surface area contributed by atoms with Crippen LogP contribution in [0.3, 0.4) is 0 Å². The second-order valence-corrected chi connectivity index (χ2v) is 4.43. The molecule has 2 aromatic rings. The maximum atomic E-state index is 4.63. The number of rotatable bonds is 4. The molecular weight excluding hydrogens is 330 g/mol. The van der Waals surface area contributed by atoms with Crippen LogP contribution in [0, 0.1) is 0 Å². The molecule has 0 aliphatic rings. The summed E-state index contributed by atoms with van der Waals surface area (Å²) in [5.41, 5.74) is 2.31. The second kappa shape index (κ2) is 7.02. The number of halogens is 2. The molecule has 0 unspecified atom stereocenters. The van der Waals surface area contributed by atoms with Crippen molar-refractivity contribution in [2.24, 2.45) is 0 Å². The topological polar surface area (TPSA) is 12.9 Å². The monoisotopic (exact) mass is 343 g/mol. The van der Waals surface area contributed by atoms with E-state index < -0.39 is 0 Å². The Hall–Kier alpha value is -0.410. The summed E-state index contributed by atoms with van der Waals surface area (Å²) in [5.74, 6) is 0. The smallest absolute Gasteiger partial charge is 0.0705 e. The number of hydrogen-bond acceptors (Lipinski definition) is 1. The van der Waals surface area contributed by atoms with Crippen LogP contribution >= 0.6 is 32.9 Å². The third-order valence-electron chi connectivity index (χ3n) is 2.47. The van der Waals surface area contributed by atoms with Gasteiger partial charge in [-0.05, 0) is 31.4 Å². The Balaban J connectivity index is 0.00000128. The Bertz CT molecular complexity index is 443. The molecule has 0 aliphatic heterocycles. The van der Waals surface area contributed by atoms with Crippen molar-refractivity contribution in [2.45, 2.75) is 19.3 Å². The molecule has 0 bridgehead atoms. The van der Waals surface area contributed by atoms with Gasteiger partial charge in [-0.25, -0.2) is 0 Å². The van der Waals surface area contributed by atoms with E-state index in [1.165, 1.54) is 23.9 Å². The Morgan fingerprint density at radius 1 is 1.00 bits per heavy atom. The van der Waals surface area contributed by atoms with Crippen LogP contribution in [0.5, 0.6) is 0 Å². The number of pyridine rings is 1. The van der Waals surface area contributed by atoms with Crippen LogP contribution in [0.2, 0.25) is 0 Å². The molecule has 2 rings (SSSR count). The maximum Gasteiger partial charge on any atom is 0.0705 e. The normalized spacial score (nSPS) is 10.1. The quantitative estimate of drug-likeness (QED) is 0.586. The Morgan fingerprint density at radius 2 is 1.81 bits per heavy atom. The molecule has 16 heavy (non-hydrogen) atoms. The van der Waals surface area contributed by atoms with E-state index in [9.17, 15) is 0 Å². The summed E-state index contributed by atoms with van der Waals surface area (Å²) >= 11 is 3.44. The van der Waals surface area contributed by atoms with Gasteiger partial charge < -0.3 is 0 Å². The van der Waals surface area contributed by atoms with E-state index in [-0.39, 0.29) is 17.0 Å². The molecule has 0 saturated heterocycles. The molecule has 1 nitrogen and oxygen atoms in total. The summed E-state index contributed by atoms with van der Waals surface area (Å²) < 4.78 is 0. The van der Waals surface area contributed by atoms with E-state index in [2.05, 4.69) is 51.2 Å². The summed E-state index contributed by atoms with van der Waals surface area (Å²) in [7, 11) is 0. The van der Waals surface area contributed by atoms with Crippen LogP contribution in [0.15, 0.2) is 36.4 Å². The van der Waals surface area contributed by atoms with Gasteiger partial charge in [-0.2, -0.15) is 0 Å². The van der Waals surface area contributed by atoms with Crippen molar-refractivity contribution in [3.63, 3.8) is 0 Å². The lowest BCUT2D eigenvalue weighted by Gasteiger charge is -2.01. The summed E-state index contributed by atoms with van der Waals surface area (Å²) in [5, 5.41) is 2.31. The lowest BCUT2D eigenvalue weighted by Crippen LogP contribution is -1.91. The van der Waals surface area contributed by atoms with Gasteiger partial charge in [0, 0.05) is 16.4 Å². The average molecular weight is 345 g/mol.